The summed E-state index contributed by atoms with van der Waals surface area (Å²) in [6.07, 6.45) is 2.49. The fraction of sp³-hybridized carbons (Fsp3) is 0.458. The molecule has 1 heterocycles. The number of hydrogen-bond acceptors (Lipinski definition) is 3. The van der Waals surface area contributed by atoms with E-state index >= 15 is 0 Å². The largest absolute Gasteiger partial charge is 0.345 e. The Labute approximate surface area is 180 Å². The van der Waals surface area contributed by atoms with Gasteiger partial charge in [0.1, 0.15) is 0 Å². The molecule has 0 aromatic heterocycles. The summed E-state index contributed by atoms with van der Waals surface area (Å²) in [6.45, 7) is 9.36. The number of carbonyl (C=O) groups is 1. The topological polar surface area (TPSA) is 66.5 Å². The quantitative estimate of drug-likeness (QED) is 0.731. The lowest BCUT2D eigenvalue weighted by Gasteiger charge is -2.29. The summed E-state index contributed by atoms with van der Waals surface area (Å²) in [7, 11) is -3.58. The number of piperidine rings is 1. The summed E-state index contributed by atoms with van der Waals surface area (Å²) in [6, 6.07) is 12.5. The summed E-state index contributed by atoms with van der Waals surface area (Å²) in [5.74, 6) is 0.286. The highest BCUT2D eigenvalue weighted by Crippen LogP contribution is 2.25. The predicted octanol–water partition coefficient (Wildman–Crippen LogP) is 4.61. The Balaban J connectivity index is 1.79. The van der Waals surface area contributed by atoms with Crippen molar-refractivity contribution in [1.82, 2.24) is 9.62 Å². The van der Waals surface area contributed by atoms with Crippen molar-refractivity contribution in [1.29, 1.82) is 0 Å². The number of amides is 1. The fourth-order valence-corrected chi connectivity index (χ4v) is 5.33. The van der Waals surface area contributed by atoms with Crippen molar-refractivity contribution in [3.8, 4) is 0 Å². The van der Waals surface area contributed by atoms with E-state index in [4.69, 9.17) is 0 Å². The van der Waals surface area contributed by atoms with Gasteiger partial charge >= 0.3 is 0 Å². The third-order valence-corrected chi connectivity index (χ3v) is 8.02. The van der Waals surface area contributed by atoms with Gasteiger partial charge in [-0.3, -0.25) is 4.79 Å². The number of sulfonamides is 1. The van der Waals surface area contributed by atoms with Crippen molar-refractivity contribution < 1.29 is 13.2 Å². The molecular weight excluding hydrogens is 396 g/mol. The molecule has 0 unspecified atom stereocenters. The maximum atomic E-state index is 13.0. The van der Waals surface area contributed by atoms with Gasteiger partial charge in [-0.05, 0) is 73.9 Å². The molecule has 0 bridgehead atoms. The molecule has 0 saturated carbocycles. The van der Waals surface area contributed by atoms with Gasteiger partial charge in [0.2, 0.25) is 10.0 Å². The van der Waals surface area contributed by atoms with Gasteiger partial charge < -0.3 is 5.32 Å². The zero-order valence-corrected chi connectivity index (χ0v) is 19.1. The first kappa shape index (κ1) is 22.5. The standard InChI is InChI=1S/C24H32N2O3S/c1-5-23(20-10-9-18(3)19(4)15-20)25-24(27)21-7-6-8-22(16-21)30(28,29)26-13-11-17(2)12-14-26/h6-10,15-17,23H,5,11-14H2,1-4H3,(H,25,27)/t23-/m0/s1. The first-order valence-electron chi connectivity index (χ1n) is 10.7. The highest BCUT2D eigenvalue weighted by Gasteiger charge is 2.28. The number of rotatable bonds is 6. The average molecular weight is 429 g/mol. The van der Waals surface area contributed by atoms with E-state index in [0.29, 0.717) is 24.6 Å². The molecule has 1 aliphatic rings. The van der Waals surface area contributed by atoms with Crippen molar-refractivity contribution in [2.45, 2.75) is 57.9 Å². The molecule has 30 heavy (non-hydrogen) atoms. The molecule has 162 valence electrons. The smallest absolute Gasteiger partial charge is 0.251 e. The van der Waals surface area contributed by atoms with Crippen LogP contribution in [0.1, 0.15) is 66.2 Å². The van der Waals surface area contributed by atoms with E-state index in [0.717, 1.165) is 24.8 Å². The van der Waals surface area contributed by atoms with Crippen LogP contribution in [0.4, 0.5) is 0 Å². The van der Waals surface area contributed by atoms with Gasteiger partial charge in [-0.25, -0.2) is 8.42 Å². The first-order chi connectivity index (χ1) is 14.2. The van der Waals surface area contributed by atoms with E-state index in [2.05, 4.69) is 38.2 Å². The Bertz CT molecular complexity index is 1010. The van der Waals surface area contributed by atoms with E-state index < -0.39 is 10.0 Å². The Hall–Kier alpha value is -2.18. The third kappa shape index (κ3) is 4.93. The molecule has 2 aromatic rings. The summed E-state index contributed by atoms with van der Waals surface area (Å²) < 4.78 is 27.6. The molecule has 1 N–H and O–H groups in total. The molecule has 1 fully saturated rings. The van der Waals surface area contributed by atoms with Crippen molar-refractivity contribution in [3.05, 3.63) is 64.7 Å². The lowest BCUT2D eigenvalue weighted by molar-refractivity contribution is 0.0935. The minimum atomic E-state index is -3.58. The first-order valence-corrected chi connectivity index (χ1v) is 12.1. The van der Waals surface area contributed by atoms with Crippen LogP contribution in [0.25, 0.3) is 0 Å². The number of hydrogen-bond donors (Lipinski definition) is 1. The van der Waals surface area contributed by atoms with Crippen LogP contribution >= 0.6 is 0 Å². The minimum Gasteiger partial charge on any atom is -0.345 e. The number of nitrogens with one attached hydrogen (secondary N) is 1. The zero-order valence-electron chi connectivity index (χ0n) is 18.3. The maximum Gasteiger partial charge on any atom is 0.251 e. The van der Waals surface area contributed by atoms with Gasteiger partial charge in [0.05, 0.1) is 10.9 Å². The molecule has 1 amide bonds. The second kappa shape index (κ2) is 9.31. The predicted molar refractivity (Wildman–Crippen MR) is 120 cm³/mol. The van der Waals surface area contributed by atoms with Gasteiger partial charge in [0.15, 0.2) is 0 Å². The second-order valence-corrected chi connectivity index (χ2v) is 10.3. The molecule has 5 nitrogen and oxygen atoms in total. The maximum absolute atomic E-state index is 13.0. The molecule has 0 radical (unpaired) electrons. The lowest BCUT2D eigenvalue weighted by atomic mass is 9.99. The fourth-order valence-electron chi connectivity index (χ4n) is 3.82. The van der Waals surface area contributed by atoms with E-state index in [1.54, 1.807) is 18.2 Å². The van der Waals surface area contributed by atoms with Crippen LogP contribution in [-0.4, -0.2) is 31.7 Å². The van der Waals surface area contributed by atoms with Gasteiger partial charge in [-0.2, -0.15) is 4.31 Å². The van der Waals surface area contributed by atoms with Crippen LogP contribution in [-0.2, 0) is 10.0 Å². The van der Waals surface area contributed by atoms with Crippen molar-refractivity contribution >= 4 is 15.9 Å². The van der Waals surface area contributed by atoms with Crippen LogP contribution in [0.5, 0.6) is 0 Å². The number of benzene rings is 2. The van der Waals surface area contributed by atoms with Crippen LogP contribution in [0, 0.1) is 19.8 Å². The minimum absolute atomic E-state index is 0.124. The van der Waals surface area contributed by atoms with Crippen LogP contribution in [0.2, 0.25) is 0 Å². The van der Waals surface area contributed by atoms with Gasteiger partial charge in [-0.15, -0.1) is 0 Å². The Morgan fingerprint density at radius 3 is 2.43 bits per heavy atom. The Morgan fingerprint density at radius 1 is 1.10 bits per heavy atom. The van der Waals surface area contributed by atoms with E-state index in [9.17, 15) is 13.2 Å². The van der Waals surface area contributed by atoms with E-state index in [1.165, 1.54) is 21.5 Å². The monoisotopic (exact) mass is 428 g/mol. The summed E-state index contributed by atoms with van der Waals surface area (Å²) in [5.41, 5.74) is 3.82. The number of nitrogens with zero attached hydrogens (tertiary/aromatic N) is 1. The number of aryl methyl sites for hydroxylation is 2. The molecule has 1 saturated heterocycles. The van der Waals surface area contributed by atoms with Crippen LogP contribution < -0.4 is 5.32 Å². The molecule has 0 spiro atoms. The second-order valence-electron chi connectivity index (χ2n) is 8.39. The highest BCUT2D eigenvalue weighted by molar-refractivity contribution is 7.89. The Morgan fingerprint density at radius 2 is 1.80 bits per heavy atom. The zero-order chi connectivity index (χ0) is 21.9. The van der Waals surface area contributed by atoms with Gasteiger partial charge in [-0.1, -0.05) is 38.1 Å². The van der Waals surface area contributed by atoms with Crippen molar-refractivity contribution in [2.75, 3.05) is 13.1 Å². The average Bonchev–Trinajstić information content (AvgIpc) is 2.74. The molecule has 6 heteroatoms. The normalized spacial score (nSPS) is 16.9. The van der Waals surface area contributed by atoms with Crippen LogP contribution in [0.15, 0.2) is 47.4 Å². The molecule has 0 aliphatic carbocycles. The van der Waals surface area contributed by atoms with Crippen molar-refractivity contribution in [2.24, 2.45) is 5.92 Å². The molecule has 2 aromatic carbocycles. The molecule has 1 aliphatic heterocycles. The molecule has 3 rings (SSSR count). The lowest BCUT2D eigenvalue weighted by Crippen LogP contribution is -2.38. The summed E-state index contributed by atoms with van der Waals surface area (Å²) in [4.78, 5) is 13.1. The summed E-state index contributed by atoms with van der Waals surface area (Å²) >= 11 is 0. The molecular formula is C24H32N2O3S. The highest BCUT2D eigenvalue weighted by atomic mass is 32.2. The van der Waals surface area contributed by atoms with Crippen LogP contribution in [0.3, 0.4) is 0 Å². The third-order valence-electron chi connectivity index (χ3n) is 6.12. The van der Waals surface area contributed by atoms with E-state index in [-0.39, 0.29) is 16.8 Å². The summed E-state index contributed by atoms with van der Waals surface area (Å²) in [5, 5.41) is 3.06. The number of carbonyl (C=O) groups excluding carboxylic acids is 1. The van der Waals surface area contributed by atoms with Crippen molar-refractivity contribution in [3.63, 3.8) is 0 Å². The van der Waals surface area contributed by atoms with E-state index in [1.807, 2.05) is 13.0 Å². The van der Waals surface area contributed by atoms with Gasteiger partial charge in [0, 0.05) is 18.7 Å². The van der Waals surface area contributed by atoms with Gasteiger partial charge in [0.25, 0.3) is 5.91 Å². The Kier molecular flexibility index (Phi) is 6.98. The molecule has 1 atom stereocenters. The SMILES string of the molecule is CC[C@H](NC(=O)c1cccc(S(=O)(=O)N2CCC(C)CC2)c1)c1ccc(C)c(C)c1.